The van der Waals surface area contributed by atoms with Gasteiger partial charge in [0.1, 0.15) is 0 Å². The van der Waals surface area contributed by atoms with Crippen LogP contribution in [0.15, 0.2) is 34.1 Å². The molecule has 8 nitrogen and oxygen atoms in total. The van der Waals surface area contributed by atoms with Gasteiger partial charge < -0.3 is 4.90 Å². The maximum atomic E-state index is 12.4. The normalized spacial score (nSPS) is 17.3. The van der Waals surface area contributed by atoms with Gasteiger partial charge in [0.25, 0.3) is 0 Å². The Morgan fingerprint density at radius 1 is 0.960 bits per heavy atom. The molecule has 2 rings (SSSR count). The van der Waals surface area contributed by atoms with Gasteiger partial charge in [-0.1, -0.05) is 0 Å². The van der Waals surface area contributed by atoms with Crippen molar-refractivity contribution in [2.24, 2.45) is 0 Å². The molecule has 0 saturated carbocycles. The molecule has 0 bridgehead atoms. The van der Waals surface area contributed by atoms with Crippen molar-refractivity contribution in [1.82, 2.24) is 14.3 Å². The maximum Gasteiger partial charge on any atom is 0.241 e. The van der Waals surface area contributed by atoms with Crippen LogP contribution in [0.4, 0.5) is 0 Å². The summed E-state index contributed by atoms with van der Waals surface area (Å²) in [6.45, 7) is 2.79. The van der Waals surface area contributed by atoms with Gasteiger partial charge in [-0.15, -0.1) is 0 Å². The first-order valence-corrected chi connectivity index (χ1v) is 11.0. The summed E-state index contributed by atoms with van der Waals surface area (Å²) in [5, 5.41) is 0. The molecule has 1 aliphatic heterocycles. The lowest BCUT2D eigenvalue weighted by atomic mass is 10.1. The number of piperidine rings is 1. The molecule has 1 aromatic rings. The third-order valence-corrected chi connectivity index (χ3v) is 7.07. The zero-order valence-electron chi connectivity index (χ0n) is 14.2. The summed E-state index contributed by atoms with van der Waals surface area (Å²) < 4.78 is 52.7. The number of hydrogen-bond donors (Lipinski definition) is 2. The van der Waals surface area contributed by atoms with Gasteiger partial charge in [0.15, 0.2) is 0 Å². The van der Waals surface area contributed by atoms with E-state index in [1.54, 1.807) is 4.90 Å². The van der Waals surface area contributed by atoms with Crippen molar-refractivity contribution in [2.45, 2.75) is 42.0 Å². The first-order valence-electron chi connectivity index (χ1n) is 8.02. The van der Waals surface area contributed by atoms with Gasteiger partial charge in [0, 0.05) is 13.1 Å². The average molecular weight is 389 g/mol. The van der Waals surface area contributed by atoms with Crippen molar-refractivity contribution in [3.05, 3.63) is 24.3 Å². The Labute approximate surface area is 148 Å². The molecule has 1 heterocycles. The summed E-state index contributed by atoms with van der Waals surface area (Å²) in [5.41, 5.74) is 0. The topological polar surface area (TPSA) is 113 Å². The molecule has 1 fully saturated rings. The molecular weight excluding hydrogens is 366 g/mol. The van der Waals surface area contributed by atoms with Crippen molar-refractivity contribution in [3.63, 3.8) is 0 Å². The summed E-state index contributed by atoms with van der Waals surface area (Å²) in [6.07, 6.45) is 2.92. The molecule has 25 heavy (non-hydrogen) atoms. The molecule has 140 valence electrons. The van der Waals surface area contributed by atoms with E-state index < -0.39 is 26.1 Å². The van der Waals surface area contributed by atoms with Crippen LogP contribution in [0.5, 0.6) is 0 Å². The second-order valence-electron chi connectivity index (χ2n) is 5.91. The monoisotopic (exact) mass is 389 g/mol. The minimum absolute atomic E-state index is 0.0357. The molecule has 0 aromatic heterocycles. The SMILES string of the molecule is CNS(=O)(=O)c1ccc(S(=O)(=O)NC(C)C(=O)N2CCCCC2)cc1. The lowest BCUT2D eigenvalue weighted by Gasteiger charge is -2.29. The minimum atomic E-state index is -3.92. The third kappa shape index (κ3) is 4.78. The first kappa shape index (κ1) is 19.8. The fourth-order valence-corrected chi connectivity index (χ4v) is 4.58. The second-order valence-corrected chi connectivity index (χ2v) is 9.51. The maximum absolute atomic E-state index is 12.4. The third-order valence-electron chi connectivity index (χ3n) is 4.08. The van der Waals surface area contributed by atoms with Gasteiger partial charge in [-0.05, 0) is 57.5 Å². The molecular formula is C15H23N3O5S2. The van der Waals surface area contributed by atoms with E-state index in [9.17, 15) is 21.6 Å². The van der Waals surface area contributed by atoms with Gasteiger partial charge in [0.05, 0.1) is 15.8 Å². The van der Waals surface area contributed by atoms with Crippen LogP contribution in [0.2, 0.25) is 0 Å². The molecule has 0 spiro atoms. The van der Waals surface area contributed by atoms with Crippen LogP contribution in [0.3, 0.4) is 0 Å². The zero-order chi connectivity index (χ0) is 18.7. The molecule has 2 N–H and O–H groups in total. The minimum Gasteiger partial charge on any atom is -0.341 e. The van der Waals surface area contributed by atoms with Crippen molar-refractivity contribution >= 4 is 26.0 Å². The van der Waals surface area contributed by atoms with Gasteiger partial charge in [-0.2, -0.15) is 4.72 Å². The van der Waals surface area contributed by atoms with E-state index in [1.165, 1.54) is 38.2 Å². The summed E-state index contributed by atoms with van der Waals surface area (Å²) in [6, 6.07) is 3.92. The lowest BCUT2D eigenvalue weighted by molar-refractivity contribution is -0.133. The standard InChI is InChI=1S/C15H23N3O5S2/c1-12(15(19)18-10-4-3-5-11-18)17-25(22,23)14-8-6-13(7-9-14)24(20,21)16-2/h6-9,12,16-17H,3-5,10-11H2,1-2H3. The molecule has 0 radical (unpaired) electrons. The van der Waals surface area contributed by atoms with Gasteiger partial charge in [-0.25, -0.2) is 21.6 Å². The summed E-state index contributed by atoms with van der Waals surface area (Å²) in [5.74, 6) is -0.252. The molecule has 10 heteroatoms. The Kier molecular flexibility index (Phi) is 6.20. The van der Waals surface area contributed by atoms with Crippen LogP contribution in [0.25, 0.3) is 0 Å². The molecule has 1 aliphatic rings. The van der Waals surface area contributed by atoms with Crippen molar-refractivity contribution in [2.75, 3.05) is 20.1 Å². The molecule has 1 saturated heterocycles. The van der Waals surface area contributed by atoms with Gasteiger partial charge in [-0.3, -0.25) is 4.79 Å². The Morgan fingerprint density at radius 3 is 1.92 bits per heavy atom. The van der Waals surface area contributed by atoms with Crippen molar-refractivity contribution in [1.29, 1.82) is 0 Å². The van der Waals surface area contributed by atoms with Crippen molar-refractivity contribution < 1.29 is 21.6 Å². The van der Waals surface area contributed by atoms with Crippen LogP contribution >= 0.6 is 0 Å². The highest BCUT2D eigenvalue weighted by molar-refractivity contribution is 7.90. The highest BCUT2D eigenvalue weighted by atomic mass is 32.2. The zero-order valence-corrected chi connectivity index (χ0v) is 15.9. The highest BCUT2D eigenvalue weighted by Crippen LogP contribution is 2.15. The number of amides is 1. The Bertz CT molecular complexity index is 813. The number of benzene rings is 1. The smallest absolute Gasteiger partial charge is 0.241 e. The largest absolute Gasteiger partial charge is 0.341 e. The van der Waals surface area contributed by atoms with E-state index in [-0.39, 0.29) is 15.7 Å². The van der Waals surface area contributed by atoms with Crippen LogP contribution in [0.1, 0.15) is 26.2 Å². The van der Waals surface area contributed by atoms with E-state index in [1.807, 2.05) is 0 Å². The van der Waals surface area contributed by atoms with E-state index >= 15 is 0 Å². The summed E-state index contributed by atoms with van der Waals surface area (Å²) in [7, 11) is -6.29. The molecule has 0 aliphatic carbocycles. The number of likely N-dealkylation sites (tertiary alicyclic amines) is 1. The Morgan fingerprint density at radius 2 is 1.44 bits per heavy atom. The summed E-state index contributed by atoms with van der Waals surface area (Å²) in [4.78, 5) is 13.9. The first-order chi connectivity index (χ1) is 11.7. The van der Waals surface area contributed by atoms with Crippen LogP contribution in [0, 0.1) is 0 Å². The number of nitrogens with one attached hydrogen (secondary N) is 2. The predicted molar refractivity (Wildman–Crippen MR) is 92.9 cm³/mol. The molecule has 1 atom stereocenters. The fraction of sp³-hybridized carbons (Fsp3) is 0.533. The van der Waals surface area contributed by atoms with E-state index in [0.717, 1.165) is 19.3 Å². The van der Waals surface area contributed by atoms with Crippen LogP contribution < -0.4 is 9.44 Å². The highest BCUT2D eigenvalue weighted by Gasteiger charge is 2.27. The number of rotatable bonds is 6. The van der Waals surface area contributed by atoms with Gasteiger partial charge in [0.2, 0.25) is 26.0 Å². The Balaban J connectivity index is 2.11. The number of nitrogens with zero attached hydrogens (tertiary/aromatic N) is 1. The van der Waals surface area contributed by atoms with Crippen LogP contribution in [-0.4, -0.2) is 53.8 Å². The van der Waals surface area contributed by atoms with Crippen molar-refractivity contribution in [3.8, 4) is 0 Å². The van der Waals surface area contributed by atoms with Crippen LogP contribution in [-0.2, 0) is 24.8 Å². The van der Waals surface area contributed by atoms with Gasteiger partial charge >= 0.3 is 0 Å². The van der Waals surface area contributed by atoms with E-state index in [0.29, 0.717) is 13.1 Å². The van der Waals surface area contributed by atoms with E-state index in [4.69, 9.17) is 0 Å². The lowest BCUT2D eigenvalue weighted by Crippen LogP contribution is -2.48. The molecule has 1 amide bonds. The fourth-order valence-electron chi connectivity index (χ4n) is 2.66. The number of carbonyl (C=O) groups is 1. The predicted octanol–water partition coefficient (Wildman–Crippen LogP) is 0.274. The second kappa shape index (κ2) is 7.81. The molecule has 1 unspecified atom stereocenters. The Hall–Kier alpha value is -1.49. The average Bonchev–Trinajstić information content (AvgIpc) is 2.61. The number of hydrogen-bond acceptors (Lipinski definition) is 5. The summed E-state index contributed by atoms with van der Waals surface area (Å²) >= 11 is 0. The number of sulfonamides is 2. The number of carbonyl (C=O) groups excluding carboxylic acids is 1. The molecule has 1 aromatic carbocycles. The van der Waals surface area contributed by atoms with E-state index in [2.05, 4.69) is 9.44 Å². The quantitative estimate of drug-likeness (QED) is 0.725.